The van der Waals surface area contributed by atoms with Crippen LogP contribution in [0.1, 0.15) is 73.3 Å². The number of rotatable bonds is 5. The monoisotopic (exact) mass is 465 g/mol. The number of aryl methyl sites for hydroxylation is 2. The average Bonchev–Trinajstić information content (AvgIpc) is 3.65. The molecule has 6 heteroatoms. The van der Waals surface area contributed by atoms with Gasteiger partial charge in [-0.25, -0.2) is 0 Å². The quantitative estimate of drug-likeness (QED) is 0.495. The first-order valence-corrected chi connectivity index (χ1v) is 12.8. The minimum Gasteiger partial charge on any atom is -0.322 e. The molecule has 3 aromatic rings. The first-order chi connectivity index (χ1) is 17.0. The van der Waals surface area contributed by atoms with E-state index in [4.69, 9.17) is 10.1 Å². The highest BCUT2D eigenvalue weighted by Crippen LogP contribution is 2.40. The van der Waals surface area contributed by atoms with Crippen molar-refractivity contribution in [2.75, 3.05) is 6.54 Å². The smallest absolute Gasteiger partial charge is 0.256 e. The van der Waals surface area contributed by atoms with Crippen LogP contribution in [0.2, 0.25) is 0 Å². The molecular formula is C29H31N5O. The molecule has 2 aliphatic carbocycles. The van der Waals surface area contributed by atoms with E-state index in [9.17, 15) is 4.79 Å². The number of fused-ring (bicyclic) bond motifs is 2. The molecular weight excluding hydrogens is 434 g/mol. The van der Waals surface area contributed by atoms with Gasteiger partial charge < -0.3 is 4.90 Å². The molecule has 6 rings (SSSR count). The van der Waals surface area contributed by atoms with Gasteiger partial charge in [0.05, 0.1) is 36.2 Å². The van der Waals surface area contributed by atoms with Crippen molar-refractivity contribution in [2.45, 2.75) is 71.9 Å². The fraction of sp³-hybridized carbons (Fsp3) is 0.448. The van der Waals surface area contributed by atoms with E-state index in [2.05, 4.69) is 40.7 Å². The second kappa shape index (κ2) is 8.64. The molecule has 1 fully saturated rings. The lowest BCUT2D eigenvalue weighted by atomic mass is 9.89. The van der Waals surface area contributed by atoms with Gasteiger partial charge in [-0.3, -0.25) is 19.4 Å². The molecule has 0 unspecified atom stereocenters. The van der Waals surface area contributed by atoms with Crippen LogP contribution in [0.5, 0.6) is 0 Å². The van der Waals surface area contributed by atoms with Crippen LogP contribution in [0.15, 0.2) is 30.7 Å². The number of hydrogen-bond donors (Lipinski definition) is 0. The van der Waals surface area contributed by atoms with Gasteiger partial charge in [0.15, 0.2) is 0 Å². The lowest BCUT2D eigenvalue weighted by Crippen LogP contribution is -2.24. The Bertz CT molecular complexity index is 1370. The molecule has 35 heavy (non-hydrogen) atoms. The number of aromatic nitrogens is 4. The van der Waals surface area contributed by atoms with Gasteiger partial charge in [0.25, 0.3) is 5.91 Å². The topological polar surface area (TPSA) is 63.9 Å². The molecule has 0 radical (unpaired) electrons. The summed E-state index contributed by atoms with van der Waals surface area (Å²) in [5.74, 6) is 5.87. The van der Waals surface area contributed by atoms with Gasteiger partial charge in [-0.05, 0) is 62.1 Å². The molecule has 6 nitrogen and oxygen atoms in total. The first kappa shape index (κ1) is 22.0. The first-order valence-electron chi connectivity index (χ1n) is 12.8. The van der Waals surface area contributed by atoms with Gasteiger partial charge in [0, 0.05) is 41.3 Å². The Labute approximate surface area is 206 Å². The Morgan fingerprint density at radius 2 is 1.89 bits per heavy atom. The second-order valence-electron chi connectivity index (χ2n) is 10.6. The van der Waals surface area contributed by atoms with E-state index in [1.54, 1.807) is 11.8 Å². The minimum atomic E-state index is -0.00237. The van der Waals surface area contributed by atoms with Crippen LogP contribution in [0, 0.1) is 17.3 Å². The van der Waals surface area contributed by atoms with Crippen molar-refractivity contribution >= 4 is 5.91 Å². The predicted octanol–water partition coefficient (Wildman–Crippen LogP) is 5.06. The Morgan fingerprint density at radius 3 is 2.71 bits per heavy atom. The zero-order valence-electron chi connectivity index (χ0n) is 20.6. The van der Waals surface area contributed by atoms with Crippen LogP contribution in [0.25, 0.3) is 22.4 Å². The van der Waals surface area contributed by atoms with Crippen molar-refractivity contribution in [3.8, 4) is 34.2 Å². The second-order valence-corrected chi connectivity index (χ2v) is 10.6. The molecule has 0 spiro atoms. The summed E-state index contributed by atoms with van der Waals surface area (Å²) in [6.45, 7) is 6.07. The summed E-state index contributed by atoms with van der Waals surface area (Å²) < 4.78 is 2.11. The Balaban J connectivity index is 1.38. The number of carbonyl (C=O) groups is 1. The van der Waals surface area contributed by atoms with Crippen LogP contribution < -0.4 is 0 Å². The van der Waals surface area contributed by atoms with Crippen LogP contribution in [-0.4, -0.2) is 37.1 Å². The van der Waals surface area contributed by atoms with Crippen LogP contribution in [0.4, 0.5) is 0 Å². The van der Waals surface area contributed by atoms with Gasteiger partial charge in [0.2, 0.25) is 0 Å². The van der Waals surface area contributed by atoms with Gasteiger partial charge >= 0.3 is 0 Å². The number of amides is 1. The maximum Gasteiger partial charge on any atom is 0.256 e. The third kappa shape index (κ3) is 4.03. The van der Waals surface area contributed by atoms with Crippen molar-refractivity contribution in [1.29, 1.82) is 0 Å². The minimum absolute atomic E-state index is 0.00237. The molecule has 0 atom stereocenters. The van der Waals surface area contributed by atoms with Crippen LogP contribution in [0.3, 0.4) is 0 Å². The lowest BCUT2D eigenvalue weighted by molar-refractivity contribution is 0.0798. The van der Waals surface area contributed by atoms with E-state index in [1.807, 2.05) is 18.5 Å². The fourth-order valence-corrected chi connectivity index (χ4v) is 5.94. The third-order valence-corrected chi connectivity index (χ3v) is 7.90. The summed E-state index contributed by atoms with van der Waals surface area (Å²) in [7, 11) is 0. The van der Waals surface area contributed by atoms with Gasteiger partial charge in [-0.2, -0.15) is 5.10 Å². The van der Waals surface area contributed by atoms with Gasteiger partial charge in [-0.15, -0.1) is 5.92 Å². The van der Waals surface area contributed by atoms with Crippen LogP contribution in [-0.2, 0) is 25.9 Å². The molecule has 1 amide bonds. The highest BCUT2D eigenvalue weighted by Gasteiger charge is 2.31. The molecule has 0 N–H and O–H groups in total. The van der Waals surface area contributed by atoms with E-state index in [-0.39, 0.29) is 5.91 Å². The van der Waals surface area contributed by atoms with Crippen LogP contribution >= 0.6 is 0 Å². The van der Waals surface area contributed by atoms with E-state index < -0.39 is 0 Å². The maximum atomic E-state index is 13.0. The van der Waals surface area contributed by atoms with E-state index in [1.165, 1.54) is 36.9 Å². The number of hydrogen-bond acceptors (Lipinski definition) is 4. The number of nitrogens with zero attached hydrogens (tertiary/aromatic N) is 5. The lowest BCUT2D eigenvalue weighted by Gasteiger charge is -2.23. The number of carbonyl (C=O) groups excluding carboxylic acids is 1. The molecule has 1 saturated carbocycles. The number of pyridine rings is 2. The summed E-state index contributed by atoms with van der Waals surface area (Å²) >= 11 is 0. The van der Waals surface area contributed by atoms with Crippen molar-refractivity contribution < 1.29 is 4.79 Å². The van der Waals surface area contributed by atoms with Crippen molar-refractivity contribution in [2.24, 2.45) is 5.41 Å². The molecule has 4 heterocycles. The van der Waals surface area contributed by atoms with E-state index in [0.29, 0.717) is 24.1 Å². The molecule has 3 aromatic heterocycles. The van der Waals surface area contributed by atoms with Gasteiger partial charge in [-0.1, -0.05) is 25.7 Å². The molecule has 0 aromatic carbocycles. The third-order valence-electron chi connectivity index (χ3n) is 7.90. The summed E-state index contributed by atoms with van der Waals surface area (Å²) in [5, 5.41) is 4.74. The predicted molar refractivity (Wildman–Crippen MR) is 135 cm³/mol. The van der Waals surface area contributed by atoms with Crippen molar-refractivity contribution in [3.05, 3.63) is 53.2 Å². The normalized spacial score (nSPS) is 17.9. The SMILES string of the molecule is CC#CCN1Cc2ncc(-c3nc4c(cc3-c3cnn(CC5(C)CCCC5)c3)CCC4)cc2C1=O. The fourth-order valence-electron chi connectivity index (χ4n) is 5.94. The zero-order chi connectivity index (χ0) is 24.0. The summed E-state index contributed by atoms with van der Waals surface area (Å²) in [5.41, 5.74) is 8.25. The Kier molecular flexibility index (Phi) is 5.44. The highest BCUT2D eigenvalue weighted by atomic mass is 16.2. The van der Waals surface area contributed by atoms with Crippen molar-refractivity contribution in [3.63, 3.8) is 0 Å². The molecule has 178 valence electrons. The van der Waals surface area contributed by atoms with Crippen molar-refractivity contribution in [1.82, 2.24) is 24.6 Å². The molecule has 0 bridgehead atoms. The van der Waals surface area contributed by atoms with E-state index in [0.717, 1.165) is 53.9 Å². The largest absolute Gasteiger partial charge is 0.322 e. The highest BCUT2D eigenvalue weighted by molar-refractivity contribution is 5.99. The Morgan fingerprint density at radius 1 is 1.03 bits per heavy atom. The molecule has 1 aliphatic heterocycles. The van der Waals surface area contributed by atoms with Gasteiger partial charge in [0.1, 0.15) is 0 Å². The average molecular weight is 466 g/mol. The summed E-state index contributed by atoms with van der Waals surface area (Å²) in [4.78, 5) is 24.6. The zero-order valence-corrected chi connectivity index (χ0v) is 20.6. The maximum absolute atomic E-state index is 13.0. The standard InChI is InChI=1S/C29H31N5O/c1-3-4-12-33-18-26-24(28(33)35)14-21(15-30-26)27-23(13-20-8-7-9-25(20)32-27)22-16-31-34(17-22)19-29(2)10-5-6-11-29/h13-17H,5-12,18-19H2,1-2H3. The summed E-state index contributed by atoms with van der Waals surface area (Å²) in [6, 6.07) is 4.27. The summed E-state index contributed by atoms with van der Waals surface area (Å²) in [6.07, 6.45) is 14.4. The molecule has 3 aliphatic rings. The molecule has 0 saturated heterocycles. The van der Waals surface area contributed by atoms with E-state index >= 15 is 0 Å². The Hall–Kier alpha value is -3.46.